The van der Waals surface area contributed by atoms with Gasteiger partial charge in [-0.25, -0.2) is 4.79 Å². The molecule has 0 saturated carbocycles. The summed E-state index contributed by atoms with van der Waals surface area (Å²) in [7, 11) is 1.80. The number of benzene rings is 1. The van der Waals surface area contributed by atoms with Crippen molar-refractivity contribution in [2.24, 2.45) is 0 Å². The third-order valence-corrected chi connectivity index (χ3v) is 3.90. The van der Waals surface area contributed by atoms with Gasteiger partial charge in [0.05, 0.1) is 6.54 Å². The van der Waals surface area contributed by atoms with Crippen molar-refractivity contribution in [3.8, 4) is 0 Å². The number of nitrogens with zero attached hydrogens (tertiary/aromatic N) is 2. The third-order valence-electron chi connectivity index (χ3n) is 3.41. The average Bonchev–Trinajstić information content (AvgIpc) is 2.59. The number of likely N-dealkylation sites (N-methyl/N-ethyl adjacent to an activating group) is 1. The molecule has 1 heterocycles. The maximum atomic E-state index is 12.0. The molecule has 0 spiro atoms. The molecule has 1 N–H and O–H groups in total. The molecule has 0 aromatic heterocycles. The van der Waals surface area contributed by atoms with Crippen LogP contribution in [0.25, 0.3) is 6.08 Å². The molecule has 1 amide bonds. The second-order valence-corrected chi connectivity index (χ2v) is 5.88. The number of carbonyl (C=O) groups excluding carboxylic acids is 1. The van der Waals surface area contributed by atoms with Gasteiger partial charge in [-0.15, -0.1) is 0 Å². The standard InChI is InChI=1S/C15H17BrN2O3/c1-17-7-2-8-18(10-14(17)19)13-5-4-12(16)9-11(13)3-6-15(20)21/h3-6,9H,2,7-8,10H2,1H3,(H,20,21)/b6-3+. The number of aliphatic carboxylic acids is 1. The quantitative estimate of drug-likeness (QED) is 0.847. The number of hydrogen-bond donors (Lipinski definition) is 1. The molecule has 1 aromatic rings. The molecular weight excluding hydrogens is 336 g/mol. The molecule has 0 unspecified atom stereocenters. The Balaban J connectivity index is 2.33. The smallest absolute Gasteiger partial charge is 0.328 e. The van der Waals surface area contributed by atoms with E-state index in [1.807, 2.05) is 23.1 Å². The molecule has 1 saturated heterocycles. The molecule has 21 heavy (non-hydrogen) atoms. The van der Waals surface area contributed by atoms with Crippen molar-refractivity contribution in [3.05, 3.63) is 34.3 Å². The van der Waals surface area contributed by atoms with Crippen LogP contribution in [0.1, 0.15) is 12.0 Å². The summed E-state index contributed by atoms with van der Waals surface area (Å²) in [5.74, 6) is -0.920. The molecule has 1 fully saturated rings. The molecule has 112 valence electrons. The Morgan fingerprint density at radius 3 is 2.86 bits per heavy atom. The van der Waals surface area contributed by atoms with E-state index in [9.17, 15) is 9.59 Å². The first-order valence-electron chi connectivity index (χ1n) is 6.67. The summed E-state index contributed by atoms with van der Waals surface area (Å²) in [5, 5.41) is 8.79. The number of anilines is 1. The molecule has 2 rings (SSSR count). The van der Waals surface area contributed by atoms with E-state index in [1.165, 1.54) is 0 Å². The Kier molecular flexibility index (Phi) is 5.01. The minimum atomic E-state index is -0.993. The lowest BCUT2D eigenvalue weighted by molar-refractivity contribution is -0.131. The van der Waals surface area contributed by atoms with Crippen LogP contribution in [0.2, 0.25) is 0 Å². The normalized spacial score (nSPS) is 16.4. The summed E-state index contributed by atoms with van der Waals surface area (Å²) >= 11 is 3.39. The fraction of sp³-hybridized carbons (Fsp3) is 0.333. The second kappa shape index (κ2) is 6.76. The zero-order valence-electron chi connectivity index (χ0n) is 11.8. The first kappa shape index (κ1) is 15.6. The van der Waals surface area contributed by atoms with Crippen molar-refractivity contribution in [1.82, 2.24) is 4.90 Å². The van der Waals surface area contributed by atoms with E-state index in [0.717, 1.165) is 41.3 Å². The maximum Gasteiger partial charge on any atom is 0.328 e. The van der Waals surface area contributed by atoms with Crippen LogP contribution >= 0.6 is 15.9 Å². The Labute approximate surface area is 132 Å². The Bertz CT molecular complexity index is 586. The summed E-state index contributed by atoms with van der Waals surface area (Å²) in [4.78, 5) is 26.5. The topological polar surface area (TPSA) is 60.9 Å². The van der Waals surface area contributed by atoms with Crippen molar-refractivity contribution in [1.29, 1.82) is 0 Å². The number of amides is 1. The minimum absolute atomic E-state index is 0.0728. The summed E-state index contributed by atoms with van der Waals surface area (Å²) in [5.41, 5.74) is 1.66. The highest BCUT2D eigenvalue weighted by molar-refractivity contribution is 9.10. The van der Waals surface area contributed by atoms with Gasteiger partial charge in [-0.2, -0.15) is 0 Å². The maximum absolute atomic E-state index is 12.0. The van der Waals surface area contributed by atoms with Crippen LogP contribution in [-0.4, -0.2) is 48.6 Å². The van der Waals surface area contributed by atoms with Gasteiger partial charge in [0.25, 0.3) is 0 Å². The Morgan fingerprint density at radius 2 is 2.14 bits per heavy atom. The molecule has 5 nitrogen and oxygen atoms in total. The van der Waals surface area contributed by atoms with Crippen molar-refractivity contribution < 1.29 is 14.7 Å². The average molecular weight is 353 g/mol. The molecule has 0 atom stereocenters. The number of carboxylic acids is 1. The van der Waals surface area contributed by atoms with Crippen molar-refractivity contribution in [3.63, 3.8) is 0 Å². The van der Waals surface area contributed by atoms with Crippen LogP contribution in [0.5, 0.6) is 0 Å². The van der Waals surface area contributed by atoms with Crippen LogP contribution in [0, 0.1) is 0 Å². The third kappa shape index (κ3) is 4.07. The first-order chi connectivity index (χ1) is 9.97. The van der Waals surface area contributed by atoms with Gasteiger partial charge in [0.2, 0.25) is 5.91 Å². The molecular formula is C15H17BrN2O3. The predicted octanol–water partition coefficient (Wildman–Crippen LogP) is 2.22. The van der Waals surface area contributed by atoms with Gasteiger partial charge in [0, 0.05) is 36.4 Å². The number of hydrogen-bond acceptors (Lipinski definition) is 3. The highest BCUT2D eigenvalue weighted by atomic mass is 79.9. The van der Waals surface area contributed by atoms with Crippen LogP contribution in [-0.2, 0) is 9.59 Å². The minimum Gasteiger partial charge on any atom is -0.478 e. The summed E-state index contributed by atoms with van der Waals surface area (Å²) < 4.78 is 0.870. The van der Waals surface area contributed by atoms with E-state index in [4.69, 9.17) is 5.11 Å². The molecule has 1 aliphatic heterocycles. The van der Waals surface area contributed by atoms with Gasteiger partial charge in [-0.1, -0.05) is 15.9 Å². The van der Waals surface area contributed by atoms with Gasteiger partial charge in [-0.3, -0.25) is 4.79 Å². The number of carbonyl (C=O) groups is 2. The lowest BCUT2D eigenvalue weighted by atomic mass is 10.1. The number of halogens is 1. The highest BCUT2D eigenvalue weighted by Crippen LogP contribution is 2.27. The summed E-state index contributed by atoms with van der Waals surface area (Å²) in [6.07, 6.45) is 3.55. The second-order valence-electron chi connectivity index (χ2n) is 4.97. The summed E-state index contributed by atoms with van der Waals surface area (Å²) in [6, 6.07) is 5.66. The van der Waals surface area contributed by atoms with Crippen molar-refractivity contribution in [2.45, 2.75) is 6.42 Å². The van der Waals surface area contributed by atoms with Gasteiger partial charge in [0.15, 0.2) is 0 Å². The predicted molar refractivity (Wildman–Crippen MR) is 85.3 cm³/mol. The van der Waals surface area contributed by atoms with E-state index in [1.54, 1.807) is 18.0 Å². The fourth-order valence-corrected chi connectivity index (χ4v) is 2.68. The monoisotopic (exact) mass is 352 g/mol. The van der Waals surface area contributed by atoms with Crippen molar-refractivity contribution in [2.75, 3.05) is 31.6 Å². The van der Waals surface area contributed by atoms with E-state index in [2.05, 4.69) is 15.9 Å². The number of carboxylic acid groups (broad SMARTS) is 1. The van der Waals surface area contributed by atoms with Crippen LogP contribution in [0.3, 0.4) is 0 Å². The van der Waals surface area contributed by atoms with Gasteiger partial charge in [0.1, 0.15) is 0 Å². The lowest BCUT2D eigenvalue weighted by Crippen LogP contribution is -2.34. The van der Waals surface area contributed by atoms with E-state index in [0.29, 0.717) is 6.54 Å². The molecule has 0 aliphatic carbocycles. The van der Waals surface area contributed by atoms with E-state index >= 15 is 0 Å². The fourth-order valence-electron chi connectivity index (χ4n) is 2.30. The zero-order chi connectivity index (χ0) is 15.4. The van der Waals surface area contributed by atoms with Crippen LogP contribution < -0.4 is 4.90 Å². The molecule has 0 bridgehead atoms. The highest BCUT2D eigenvalue weighted by Gasteiger charge is 2.20. The molecule has 6 heteroatoms. The largest absolute Gasteiger partial charge is 0.478 e. The number of rotatable bonds is 3. The molecule has 0 radical (unpaired) electrons. The van der Waals surface area contributed by atoms with Gasteiger partial charge < -0.3 is 14.9 Å². The van der Waals surface area contributed by atoms with E-state index in [-0.39, 0.29) is 5.91 Å². The Morgan fingerprint density at radius 1 is 1.38 bits per heavy atom. The SMILES string of the molecule is CN1CCCN(c2ccc(Br)cc2/C=C/C(=O)O)CC1=O. The van der Waals surface area contributed by atoms with E-state index < -0.39 is 5.97 Å². The summed E-state index contributed by atoms with van der Waals surface area (Å²) in [6.45, 7) is 1.82. The first-order valence-corrected chi connectivity index (χ1v) is 7.46. The van der Waals surface area contributed by atoms with Crippen LogP contribution in [0.15, 0.2) is 28.7 Å². The lowest BCUT2D eigenvalue weighted by Gasteiger charge is -2.24. The van der Waals surface area contributed by atoms with Gasteiger partial charge in [-0.05, 0) is 36.3 Å². The van der Waals surface area contributed by atoms with Gasteiger partial charge >= 0.3 is 5.97 Å². The molecule has 1 aromatic carbocycles. The molecule has 1 aliphatic rings. The van der Waals surface area contributed by atoms with Crippen LogP contribution in [0.4, 0.5) is 5.69 Å². The zero-order valence-corrected chi connectivity index (χ0v) is 13.3. The van der Waals surface area contributed by atoms with Crippen molar-refractivity contribution >= 4 is 39.6 Å². The Hall–Kier alpha value is -1.82.